The Hall–Kier alpha value is -1.42. The van der Waals surface area contributed by atoms with Gasteiger partial charge in [-0.15, -0.1) is 0 Å². The van der Waals surface area contributed by atoms with Crippen molar-refractivity contribution in [3.63, 3.8) is 0 Å². The van der Waals surface area contributed by atoms with Gasteiger partial charge in [-0.05, 0) is 38.3 Å². The Morgan fingerprint density at radius 1 is 1.39 bits per heavy atom. The van der Waals surface area contributed by atoms with E-state index >= 15 is 0 Å². The molecule has 1 amide bonds. The molecule has 1 atom stereocenters. The largest absolute Gasteiger partial charge is 0.396 e. The van der Waals surface area contributed by atoms with E-state index in [1.54, 1.807) is 6.07 Å². The first kappa shape index (κ1) is 14.6. The number of hydrogen-bond acceptors (Lipinski definition) is 3. The molecule has 0 bridgehead atoms. The van der Waals surface area contributed by atoms with Crippen LogP contribution in [0.15, 0.2) is 12.1 Å². The molecule has 0 aliphatic heterocycles. The van der Waals surface area contributed by atoms with Crippen molar-refractivity contribution >= 4 is 5.91 Å². The third-order valence-electron chi connectivity index (χ3n) is 3.03. The molecule has 0 spiro atoms. The number of nitrogens with zero attached hydrogens (tertiary/aromatic N) is 1. The van der Waals surface area contributed by atoms with Crippen molar-refractivity contribution in [3.05, 3.63) is 29.1 Å². The van der Waals surface area contributed by atoms with Crippen LogP contribution in [0.3, 0.4) is 0 Å². The summed E-state index contributed by atoms with van der Waals surface area (Å²) in [6.07, 6.45) is 0.571. The molecule has 1 unspecified atom stereocenters. The number of aromatic nitrogens is 1. The molecule has 100 valence electrons. The Bertz CT molecular complexity index is 416. The van der Waals surface area contributed by atoms with E-state index in [2.05, 4.69) is 10.3 Å². The van der Waals surface area contributed by atoms with Gasteiger partial charge in [0.1, 0.15) is 0 Å². The zero-order valence-electron chi connectivity index (χ0n) is 11.5. The molecule has 1 heterocycles. The lowest BCUT2D eigenvalue weighted by molar-refractivity contribution is 0.0915. The van der Waals surface area contributed by atoms with E-state index in [0.29, 0.717) is 17.9 Å². The molecule has 1 aromatic rings. The highest BCUT2D eigenvalue weighted by molar-refractivity contribution is 5.95. The summed E-state index contributed by atoms with van der Waals surface area (Å²) < 4.78 is 0. The van der Waals surface area contributed by atoms with Gasteiger partial charge in [0, 0.05) is 18.3 Å². The number of amides is 1. The van der Waals surface area contributed by atoms with E-state index < -0.39 is 0 Å². The lowest BCUT2D eigenvalue weighted by Gasteiger charge is -2.21. The van der Waals surface area contributed by atoms with Gasteiger partial charge in [-0.1, -0.05) is 13.8 Å². The molecule has 0 aromatic carbocycles. The number of aryl methyl sites for hydroxylation is 2. The monoisotopic (exact) mass is 250 g/mol. The summed E-state index contributed by atoms with van der Waals surface area (Å²) in [4.78, 5) is 16.4. The van der Waals surface area contributed by atoms with Crippen molar-refractivity contribution in [2.24, 2.45) is 5.92 Å². The van der Waals surface area contributed by atoms with Gasteiger partial charge in [-0.2, -0.15) is 0 Å². The van der Waals surface area contributed by atoms with Crippen LogP contribution in [-0.4, -0.2) is 28.6 Å². The minimum atomic E-state index is -0.118. The SMILES string of the molecule is Cc1ccc(C(=O)NC(CCO)C(C)C)c(C)n1. The van der Waals surface area contributed by atoms with Crippen LogP contribution in [0.25, 0.3) is 0 Å². The van der Waals surface area contributed by atoms with Crippen LogP contribution < -0.4 is 5.32 Å². The first-order valence-corrected chi connectivity index (χ1v) is 6.31. The fourth-order valence-corrected chi connectivity index (χ4v) is 1.88. The Labute approximate surface area is 108 Å². The fourth-order valence-electron chi connectivity index (χ4n) is 1.88. The van der Waals surface area contributed by atoms with Crippen molar-refractivity contribution in [2.45, 2.75) is 40.2 Å². The van der Waals surface area contributed by atoms with Crippen LogP contribution in [0.5, 0.6) is 0 Å². The first-order valence-electron chi connectivity index (χ1n) is 6.31. The van der Waals surface area contributed by atoms with Crippen LogP contribution in [-0.2, 0) is 0 Å². The van der Waals surface area contributed by atoms with Gasteiger partial charge in [-0.3, -0.25) is 9.78 Å². The molecule has 18 heavy (non-hydrogen) atoms. The van der Waals surface area contributed by atoms with Crippen molar-refractivity contribution in [1.82, 2.24) is 10.3 Å². The molecule has 2 N–H and O–H groups in total. The van der Waals surface area contributed by atoms with Gasteiger partial charge in [-0.25, -0.2) is 0 Å². The summed E-state index contributed by atoms with van der Waals surface area (Å²) in [5, 5.41) is 12.0. The molecule has 0 radical (unpaired) electrons. The Balaban J connectivity index is 2.80. The molecule has 0 aliphatic rings. The van der Waals surface area contributed by atoms with Gasteiger partial charge in [0.2, 0.25) is 0 Å². The lowest BCUT2D eigenvalue weighted by Crippen LogP contribution is -2.39. The Morgan fingerprint density at radius 3 is 2.56 bits per heavy atom. The normalized spacial score (nSPS) is 12.6. The maximum atomic E-state index is 12.1. The van der Waals surface area contributed by atoms with E-state index in [4.69, 9.17) is 5.11 Å². The van der Waals surface area contributed by atoms with Crippen molar-refractivity contribution < 1.29 is 9.90 Å². The minimum Gasteiger partial charge on any atom is -0.396 e. The van der Waals surface area contributed by atoms with Gasteiger partial charge in [0.15, 0.2) is 0 Å². The Morgan fingerprint density at radius 2 is 2.06 bits per heavy atom. The molecule has 0 aliphatic carbocycles. The molecule has 0 saturated carbocycles. The third kappa shape index (κ3) is 3.81. The van der Waals surface area contributed by atoms with Crippen molar-refractivity contribution in [2.75, 3.05) is 6.61 Å². The Kier molecular flexibility index (Phi) is 5.28. The quantitative estimate of drug-likeness (QED) is 0.838. The highest BCUT2D eigenvalue weighted by atomic mass is 16.3. The minimum absolute atomic E-state index is 0.0109. The predicted molar refractivity (Wildman–Crippen MR) is 71.5 cm³/mol. The van der Waals surface area contributed by atoms with Crippen molar-refractivity contribution in [3.8, 4) is 0 Å². The van der Waals surface area contributed by atoms with E-state index in [0.717, 1.165) is 11.4 Å². The topological polar surface area (TPSA) is 62.2 Å². The number of carbonyl (C=O) groups is 1. The zero-order valence-corrected chi connectivity index (χ0v) is 11.5. The van der Waals surface area contributed by atoms with Crippen LogP contribution >= 0.6 is 0 Å². The summed E-state index contributed by atoms with van der Waals surface area (Å²) in [6, 6.07) is 3.62. The van der Waals surface area contributed by atoms with Crippen LogP contribution in [0.1, 0.15) is 42.0 Å². The molecule has 4 heteroatoms. The summed E-state index contributed by atoms with van der Waals surface area (Å²) in [5.74, 6) is 0.173. The van der Waals surface area contributed by atoms with Crippen molar-refractivity contribution in [1.29, 1.82) is 0 Å². The second-order valence-electron chi connectivity index (χ2n) is 4.92. The number of aliphatic hydroxyl groups excluding tert-OH is 1. The second-order valence-corrected chi connectivity index (χ2v) is 4.92. The highest BCUT2D eigenvalue weighted by Gasteiger charge is 2.18. The van der Waals surface area contributed by atoms with Gasteiger partial charge < -0.3 is 10.4 Å². The van der Waals surface area contributed by atoms with Crippen LogP contribution in [0.4, 0.5) is 0 Å². The number of pyridine rings is 1. The number of hydrogen-bond donors (Lipinski definition) is 2. The highest BCUT2D eigenvalue weighted by Crippen LogP contribution is 2.10. The summed E-state index contributed by atoms with van der Waals surface area (Å²) in [7, 11) is 0. The molecular formula is C14H22N2O2. The maximum Gasteiger partial charge on any atom is 0.253 e. The van der Waals surface area contributed by atoms with Gasteiger partial charge in [0.25, 0.3) is 5.91 Å². The molecule has 1 aromatic heterocycles. The molecule has 0 fully saturated rings. The summed E-state index contributed by atoms with van der Waals surface area (Å²) >= 11 is 0. The fraction of sp³-hybridized carbons (Fsp3) is 0.571. The standard InChI is InChI=1S/C14H22N2O2/c1-9(2)13(7-8-17)16-14(18)12-6-5-10(3)15-11(12)4/h5-6,9,13,17H,7-8H2,1-4H3,(H,16,18). The van der Waals surface area contributed by atoms with E-state index in [9.17, 15) is 4.79 Å². The average Bonchev–Trinajstić information content (AvgIpc) is 2.27. The predicted octanol–water partition coefficient (Wildman–Crippen LogP) is 1.84. The van der Waals surface area contributed by atoms with Gasteiger partial charge in [0.05, 0.1) is 11.3 Å². The first-order chi connectivity index (χ1) is 8.45. The average molecular weight is 250 g/mol. The zero-order chi connectivity index (χ0) is 13.7. The number of rotatable bonds is 5. The molecule has 4 nitrogen and oxygen atoms in total. The number of nitrogens with one attached hydrogen (secondary N) is 1. The molecule has 1 rings (SSSR count). The molecular weight excluding hydrogens is 228 g/mol. The second kappa shape index (κ2) is 6.50. The summed E-state index contributed by atoms with van der Waals surface area (Å²) in [5.41, 5.74) is 2.24. The number of carbonyl (C=O) groups excluding carboxylic acids is 1. The van der Waals surface area contributed by atoms with Gasteiger partial charge >= 0.3 is 0 Å². The summed E-state index contributed by atoms with van der Waals surface area (Å²) in [6.45, 7) is 7.87. The van der Waals surface area contributed by atoms with Crippen LogP contribution in [0.2, 0.25) is 0 Å². The lowest BCUT2D eigenvalue weighted by atomic mass is 10.0. The molecule has 0 saturated heterocycles. The smallest absolute Gasteiger partial charge is 0.253 e. The van der Waals surface area contributed by atoms with E-state index in [1.165, 1.54) is 0 Å². The van der Waals surface area contributed by atoms with E-state index in [1.807, 2.05) is 33.8 Å². The number of aliphatic hydroxyl groups is 1. The van der Waals surface area contributed by atoms with Crippen LogP contribution in [0, 0.1) is 19.8 Å². The maximum absolute atomic E-state index is 12.1. The van der Waals surface area contributed by atoms with E-state index in [-0.39, 0.29) is 18.6 Å². The third-order valence-corrected chi connectivity index (χ3v) is 3.03.